The molecule has 0 radical (unpaired) electrons. The average molecular weight is 245 g/mol. The number of rotatable bonds is 1. The van der Waals surface area contributed by atoms with Crippen molar-refractivity contribution in [1.82, 2.24) is 0 Å². The van der Waals surface area contributed by atoms with Crippen LogP contribution in [0.4, 0.5) is 0 Å². The average Bonchev–Trinajstić information content (AvgIpc) is 2.60. The number of furan rings is 1. The molecule has 1 aromatic rings. The zero-order valence-corrected chi connectivity index (χ0v) is 8.67. The summed E-state index contributed by atoms with van der Waals surface area (Å²) in [4.78, 5) is 4.16. The quantitative estimate of drug-likeness (QED) is 0.817. The fourth-order valence-electron chi connectivity index (χ4n) is 1.25. The molecule has 0 bridgehead atoms. The zero-order valence-electron chi connectivity index (χ0n) is 7.08. The number of nitrogens with zero attached hydrogens (tertiary/aromatic N) is 1. The Morgan fingerprint density at radius 2 is 2.38 bits per heavy atom. The number of halogens is 1. The third-order valence-corrected chi connectivity index (χ3v) is 2.39. The van der Waals surface area contributed by atoms with E-state index in [1.165, 1.54) is 0 Å². The van der Waals surface area contributed by atoms with Crippen molar-refractivity contribution in [1.29, 1.82) is 0 Å². The fourth-order valence-corrected chi connectivity index (χ4v) is 1.56. The van der Waals surface area contributed by atoms with Gasteiger partial charge in [0.1, 0.15) is 12.4 Å². The van der Waals surface area contributed by atoms with Crippen LogP contribution in [0.15, 0.2) is 26.2 Å². The third-order valence-electron chi connectivity index (χ3n) is 1.96. The first-order chi connectivity index (χ1) is 6.10. The molecule has 2 rings (SSSR count). The number of hydrogen-bond donors (Lipinski definition) is 1. The van der Waals surface area contributed by atoms with Crippen molar-refractivity contribution in [3.05, 3.63) is 22.6 Å². The molecule has 0 spiro atoms. The van der Waals surface area contributed by atoms with Gasteiger partial charge in [-0.25, -0.2) is 4.99 Å². The highest BCUT2D eigenvalue weighted by Gasteiger charge is 2.35. The van der Waals surface area contributed by atoms with Crippen LogP contribution in [-0.2, 0) is 10.3 Å². The van der Waals surface area contributed by atoms with Gasteiger partial charge in [0.2, 0.25) is 0 Å². The Labute approximate surface area is 83.9 Å². The monoisotopic (exact) mass is 244 g/mol. The van der Waals surface area contributed by atoms with E-state index < -0.39 is 5.54 Å². The van der Waals surface area contributed by atoms with Gasteiger partial charge in [0.25, 0.3) is 6.02 Å². The molecule has 1 aliphatic heterocycles. The molecule has 70 valence electrons. The zero-order chi connectivity index (χ0) is 9.47. The van der Waals surface area contributed by atoms with Gasteiger partial charge in [-0.2, -0.15) is 0 Å². The first kappa shape index (κ1) is 8.62. The van der Waals surface area contributed by atoms with Crippen LogP contribution in [0, 0.1) is 0 Å². The summed E-state index contributed by atoms with van der Waals surface area (Å²) in [5, 5.41) is 0. The SMILES string of the molecule is CC1(c2ccc(Br)o2)COC(N)=N1. The highest BCUT2D eigenvalue weighted by molar-refractivity contribution is 9.10. The summed E-state index contributed by atoms with van der Waals surface area (Å²) in [7, 11) is 0. The van der Waals surface area contributed by atoms with Gasteiger partial charge in [-0.1, -0.05) is 0 Å². The smallest absolute Gasteiger partial charge is 0.283 e. The fraction of sp³-hybridized carbons (Fsp3) is 0.375. The molecule has 1 atom stereocenters. The lowest BCUT2D eigenvalue weighted by Gasteiger charge is -2.13. The molecule has 2 heterocycles. The molecule has 0 aliphatic carbocycles. The summed E-state index contributed by atoms with van der Waals surface area (Å²) in [6.45, 7) is 2.34. The van der Waals surface area contributed by atoms with Crippen LogP contribution in [0.2, 0.25) is 0 Å². The molecule has 4 nitrogen and oxygen atoms in total. The van der Waals surface area contributed by atoms with Gasteiger partial charge in [0.15, 0.2) is 10.2 Å². The van der Waals surface area contributed by atoms with Crippen LogP contribution in [-0.4, -0.2) is 12.6 Å². The van der Waals surface area contributed by atoms with Gasteiger partial charge < -0.3 is 14.9 Å². The third kappa shape index (κ3) is 1.44. The Morgan fingerprint density at radius 1 is 1.62 bits per heavy atom. The summed E-state index contributed by atoms with van der Waals surface area (Å²) >= 11 is 3.23. The van der Waals surface area contributed by atoms with Crippen LogP contribution < -0.4 is 5.73 Å². The number of hydrogen-bond acceptors (Lipinski definition) is 4. The minimum absolute atomic E-state index is 0.218. The molecule has 0 saturated carbocycles. The standard InChI is InChI=1S/C8H9BrN2O2/c1-8(4-12-7(10)11-8)5-2-3-6(9)13-5/h2-3H,4H2,1H3,(H2,10,11). The molecule has 2 N–H and O–H groups in total. The first-order valence-corrected chi connectivity index (χ1v) is 4.63. The molecule has 1 unspecified atom stereocenters. The minimum atomic E-state index is -0.476. The first-order valence-electron chi connectivity index (χ1n) is 3.84. The number of ether oxygens (including phenoxy) is 1. The minimum Gasteiger partial charge on any atom is -0.462 e. The van der Waals surface area contributed by atoms with Crippen LogP contribution in [0.1, 0.15) is 12.7 Å². The molecule has 5 heteroatoms. The molecule has 1 aliphatic rings. The van der Waals surface area contributed by atoms with Gasteiger partial charge in [-0.3, -0.25) is 0 Å². The molecule has 13 heavy (non-hydrogen) atoms. The second kappa shape index (κ2) is 2.77. The van der Waals surface area contributed by atoms with E-state index in [4.69, 9.17) is 14.9 Å². The summed E-state index contributed by atoms with van der Waals surface area (Å²) in [5.74, 6) is 0.750. The van der Waals surface area contributed by atoms with Crippen molar-refractivity contribution in [2.24, 2.45) is 10.7 Å². The maximum absolute atomic E-state index is 5.43. The second-order valence-electron chi connectivity index (χ2n) is 3.12. The Balaban J connectivity index is 2.36. The van der Waals surface area contributed by atoms with Crippen molar-refractivity contribution in [3.8, 4) is 0 Å². The van der Waals surface area contributed by atoms with E-state index in [9.17, 15) is 0 Å². The van der Waals surface area contributed by atoms with E-state index in [1.807, 2.05) is 19.1 Å². The Kier molecular flexibility index (Phi) is 1.83. The predicted molar refractivity (Wildman–Crippen MR) is 51.3 cm³/mol. The van der Waals surface area contributed by atoms with Gasteiger partial charge >= 0.3 is 0 Å². The van der Waals surface area contributed by atoms with E-state index in [2.05, 4.69) is 20.9 Å². The molecule has 0 fully saturated rings. The van der Waals surface area contributed by atoms with Gasteiger partial charge in [0, 0.05) is 0 Å². The summed E-state index contributed by atoms with van der Waals surface area (Å²) in [6.07, 6.45) is 0. The van der Waals surface area contributed by atoms with E-state index in [1.54, 1.807) is 0 Å². The van der Waals surface area contributed by atoms with Crippen LogP contribution in [0.5, 0.6) is 0 Å². The van der Waals surface area contributed by atoms with Crippen molar-refractivity contribution in [2.45, 2.75) is 12.5 Å². The van der Waals surface area contributed by atoms with Crippen molar-refractivity contribution >= 4 is 22.0 Å². The highest BCUT2D eigenvalue weighted by atomic mass is 79.9. The van der Waals surface area contributed by atoms with E-state index in [0.717, 1.165) is 5.76 Å². The summed E-state index contributed by atoms with van der Waals surface area (Å²) < 4.78 is 11.2. The van der Waals surface area contributed by atoms with E-state index in [0.29, 0.717) is 11.3 Å². The number of aliphatic imine (C=N–C) groups is 1. The van der Waals surface area contributed by atoms with E-state index in [-0.39, 0.29) is 6.02 Å². The van der Waals surface area contributed by atoms with Crippen molar-refractivity contribution < 1.29 is 9.15 Å². The lowest BCUT2D eigenvalue weighted by Crippen LogP contribution is -2.19. The van der Waals surface area contributed by atoms with Crippen LogP contribution in [0.25, 0.3) is 0 Å². The maximum Gasteiger partial charge on any atom is 0.283 e. The number of amidine groups is 1. The second-order valence-corrected chi connectivity index (χ2v) is 3.90. The molecule has 1 aromatic heterocycles. The Hall–Kier alpha value is -0.970. The lowest BCUT2D eigenvalue weighted by molar-refractivity contribution is 0.240. The lowest BCUT2D eigenvalue weighted by atomic mass is 10.0. The predicted octanol–water partition coefficient (Wildman–Crippen LogP) is 1.60. The van der Waals surface area contributed by atoms with Crippen LogP contribution in [0.3, 0.4) is 0 Å². The molecule has 0 amide bonds. The Bertz CT molecular complexity index is 361. The number of nitrogens with two attached hydrogens (primary N) is 1. The van der Waals surface area contributed by atoms with Gasteiger partial charge in [-0.15, -0.1) is 0 Å². The normalized spacial score (nSPS) is 27.1. The van der Waals surface area contributed by atoms with E-state index >= 15 is 0 Å². The molecule has 0 saturated heterocycles. The van der Waals surface area contributed by atoms with Gasteiger partial charge in [0.05, 0.1) is 0 Å². The highest BCUT2D eigenvalue weighted by Crippen LogP contribution is 2.32. The molecular weight excluding hydrogens is 236 g/mol. The molecule has 0 aromatic carbocycles. The van der Waals surface area contributed by atoms with Crippen LogP contribution >= 0.6 is 15.9 Å². The topological polar surface area (TPSA) is 60.8 Å². The van der Waals surface area contributed by atoms with Crippen molar-refractivity contribution in [2.75, 3.05) is 6.61 Å². The molecular formula is C8H9BrN2O2. The van der Waals surface area contributed by atoms with Crippen molar-refractivity contribution in [3.63, 3.8) is 0 Å². The summed E-state index contributed by atoms with van der Waals surface area (Å²) in [6, 6.07) is 3.90. The Morgan fingerprint density at radius 3 is 2.85 bits per heavy atom. The maximum atomic E-state index is 5.43. The largest absolute Gasteiger partial charge is 0.462 e. The van der Waals surface area contributed by atoms with Gasteiger partial charge in [-0.05, 0) is 35.0 Å². The summed E-state index contributed by atoms with van der Waals surface area (Å²) in [5.41, 5.74) is 4.95.